The topological polar surface area (TPSA) is 65.9 Å². The van der Waals surface area contributed by atoms with E-state index in [0.29, 0.717) is 17.0 Å². The molecule has 1 fully saturated rings. The minimum Gasteiger partial charge on any atom is -0.354 e. The Morgan fingerprint density at radius 3 is 2.43 bits per heavy atom. The molecule has 0 N–H and O–H groups in total. The predicted molar refractivity (Wildman–Crippen MR) is 140 cm³/mol. The lowest BCUT2D eigenvalue weighted by molar-refractivity contribution is 0.194. The quantitative estimate of drug-likeness (QED) is 0.384. The summed E-state index contributed by atoms with van der Waals surface area (Å²) < 4.78 is 4.68. The predicted octanol–water partition coefficient (Wildman–Crippen LogP) is 4.73. The van der Waals surface area contributed by atoms with Gasteiger partial charge in [-0.25, -0.2) is 9.67 Å². The van der Waals surface area contributed by atoms with E-state index < -0.39 is 0 Å². The van der Waals surface area contributed by atoms with Crippen molar-refractivity contribution in [2.75, 3.05) is 31.1 Å². The number of pyridine rings is 1. The number of benzene rings is 2. The van der Waals surface area contributed by atoms with Crippen molar-refractivity contribution in [1.29, 1.82) is 5.26 Å². The van der Waals surface area contributed by atoms with Gasteiger partial charge in [0.1, 0.15) is 5.82 Å². The van der Waals surface area contributed by atoms with Crippen molar-refractivity contribution in [3.05, 3.63) is 88.3 Å². The van der Waals surface area contributed by atoms with Crippen LogP contribution in [-0.2, 0) is 6.67 Å². The molecule has 176 valence electrons. The van der Waals surface area contributed by atoms with Crippen LogP contribution in [0.5, 0.6) is 0 Å². The van der Waals surface area contributed by atoms with Crippen LogP contribution in [0, 0.1) is 29.9 Å². The van der Waals surface area contributed by atoms with Crippen molar-refractivity contribution in [3.8, 4) is 23.1 Å². The van der Waals surface area contributed by atoms with Crippen molar-refractivity contribution >= 4 is 18.0 Å². The van der Waals surface area contributed by atoms with E-state index in [-0.39, 0.29) is 0 Å². The number of aryl methyl sites for hydroxylation is 2. The Kier molecular flexibility index (Phi) is 6.45. The molecule has 0 atom stereocenters. The first kappa shape index (κ1) is 23.0. The lowest BCUT2D eigenvalue weighted by atomic mass is 10.1. The third kappa shape index (κ3) is 4.74. The molecule has 2 aromatic heterocycles. The lowest BCUT2D eigenvalue weighted by Crippen LogP contribution is -2.47. The van der Waals surface area contributed by atoms with Crippen molar-refractivity contribution in [2.45, 2.75) is 20.5 Å². The average molecular weight is 482 g/mol. The SMILES string of the molecule is Cc1ccc(-n2c(-c3ccccc3)nn(CN3CCN(c4cc(C#N)ccn4)CC3)c2=S)cc1C. The van der Waals surface area contributed by atoms with Crippen LogP contribution < -0.4 is 4.90 Å². The zero-order chi connectivity index (χ0) is 24.4. The van der Waals surface area contributed by atoms with Gasteiger partial charge in [-0.15, -0.1) is 5.10 Å². The first-order valence-electron chi connectivity index (χ1n) is 11.7. The summed E-state index contributed by atoms with van der Waals surface area (Å²) in [6.07, 6.45) is 1.70. The molecule has 1 aliphatic heterocycles. The molecule has 0 amide bonds. The number of aromatic nitrogens is 4. The highest BCUT2D eigenvalue weighted by Gasteiger charge is 2.21. The lowest BCUT2D eigenvalue weighted by Gasteiger charge is -2.35. The number of nitriles is 1. The van der Waals surface area contributed by atoms with Crippen LogP contribution in [0.15, 0.2) is 66.9 Å². The normalized spacial score (nSPS) is 14.1. The number of hydrogen-bond acceptors (Lipinski definition) is 6. The second-order valence-electron chi connectivity index (χ2n) is 8.84. The Morgan fingerprint density at radius 1 is 0.943 bits per heavy atom. The summed E-state index contributed by atoms with van der Waals surface area (Å²) in [5.74, 6) is 1.70. The number of piperazine rings is 1. The average Bonchev–Trinajstić information content (AvgIpc) is 3.22. The van der Waals surface area contributed by atoms with E-state index in [1.54, 1.807) is 12.3 Å². The summed E-state index contributed by atoms with van der Waals surface area (Å²) in [6.45, 7) is 8.24. The van der Waals surface area contributed by atoms with E-state index in [0.717, 1.165) is 49.1 Å². The zero-order valence-electron chi connectivity index (χ0n) is 19.9. The van der Waals surface area contributed by atoms with Gasteiger partial charge in [-0.2, -0.15) is 5.26 Å². The summed E-state index contributed by atoms with van der Waals surface area (Å²) in [5.41, 5.74) is 5.16. The molecule has 35 heavy (non-hydrogen) atoms. The summed E-state index contributed by atoms with van der Waals surface area (Å²) >= 11 is 5.95. The van der Waals surface area contributed by atoms with Crippen LogP contribution in [0.2, 0.25) is 0 Å². The molecule has 1 saturated heterocycles. The van der Waals surface area contributed by atoms with Crippen molar-refractivity contribution in [2.24, 2.45) is 0 Å². The molecule has 3 heterocycles. The highest BCUT2D eigenvalue weighted by molar-refractivity contribution is 7.71. The van der Waals surface area contributed by atoms with Gasteiger partial charge in [0.05, 0.1) is 24.0 Å². The van der Waals surface area contributed by atoms with Gasteiger partial charge in [0.25, 0.3) is 0 Å². The Hall–Kier alpha value is -3.80. The third-order valence-corrected chi connectivity index (χ3v) is 6.92. The van der Waals surface area contributed by atoms with Crippen LogP contribution in [0.25, 0.3) is 17.1 Å². The van der Waals surface area contributed by atoms with Gasteiger partial charge in [-0.05, 0) is 61.5 Å². The maximum Gasteiger partial charge on any atom is 0.204 e. The molecule has 0 saturated carbocycles. The summed E-state index contributed by atoms with van der Waals surface area (Å²) in [7, 11) is 0. The van der Waals surface area contributed by atoms with Gasteiger partial charge >= 0.3 is 0 Å². The van der Waals surface area contributed by atoms with Crippen LogP contribution in [-0.4, -0.2) is 50.4 Å². The molecular formula is C27H27N7S. The highest BCUT2D eigenvalue weighted by Crippen LogP contribution is 2.24. The van der Waals surface area contributed by atoms with Gasteiger partial charge in [-0.1, -0.05) is 36.4 Å². The van der Waals surface area contributed by atoms with Crippen LogP contribution in [0.1, 0.15) is 16.7 Å². The monoisotopic (exact) mass is 481 g/mol. The number of hydrogen-bond donors (Lipinski definition) is 0. The van der Waals surface area contributed by atoms with E-state index in [1.165, 1.54) is 11.1 Å². The molecule has 1 aliphatic rings. The summed E-state index contributed by atoms with van der Waals surface area (Å²) in [4.78, 5) is 9.02. The Bertz CT molecular complexity index is 1440. The number of nitrogens with zero attached hydrogens (tertiary/aromatic N) is 7. The van der Waals surface area contributed by atoms with Crippen LogP contribution in [0.4, 0.5) is 5.82 Å². The minimum atomic E-state index is 0.621. The van der Waals surface area contributed by atoms with Crippen molar-refractivity contribution < 1.29 is 0 Å². The molecule has 0 spiro atoms. The molecule has 8 heteroatoms. The highest BCUT2D eigenvalue weighted by atomic mass is 32.1. The fourth-order valence-electron chi connectivity index (χ4n) is 4.34. The van der Waals surface area contributed by atoms with Gasteiger partial charge < -0.3 is 4.90 Å². The molecule has 4 aromatic rings. The Morgan fingerprint density at radius 2 is 1.71 bits per heavy atom. The van der Waals surface area contributed by atoms with Crippen molar-refractivity contribution in [1.82, 2.24) is 24.2 Å². The fraction of sp³-hybridized carbons (Fsp3) is 0.259. The van der Waals surface area contributed by atoms with Crippen molar-refractivity contribution in [3.63, 3.8) is 0 Å². The second-order valence-corrected chi connectivity index (χ2v) is 9.20. The van der Waals surface area contributed by atoms with Crippen LogP contribution in [0.3, 0.4) is 0 Å². The van der Waals surface area contributed by atoms with E-state index in [4.69, 9.17) is 17.3 Å². The third-order valence-electron chi connectivity index (χ3n) is 6.52. The van der Waals surface area contributed by atoms with E-state index in [1.807, 2.05) is 28.9 Å². The molecule has 7 nitrogen and oxygen atoms in total. The zero-order valence-corrected chi connectivity index (χ0v) is 20.7. The molecule has 0 radical (unpaired) electrons. The maximum atomic E-state index is 9.18. The molecule has 0 unspecified atom stereocenters. The minimum absolute atomic E-state index is 0.621. The number of rotatable bonds is 5. The standard InChI is InChI=1S/C27H27N7S/c1-20-8-9-24(16-21(20)2)34-26(23-6-4-3-5-7-23)30-33(27(34)35)19-31-12-14-32(15-13-31)25-17-22(18-28)10-11-29-25/h3-11,16-17H,12-15,19H2,1-2H3. The molecule has 2 aromatic carbocycles. The van der Waals surface area contributed by atoms with E-state index >= 15 is 0 Å². The van der Waals surface area contributed by atoms with E-state index in [2.05, 4.69) is 69.6 Å². The Labute approximate surface area is 210 Å². The second kappa shape index (κ2) is 9.82. The first-order valence-corrected chi connectivity index (χ1v) is 12.1. The largest absolute Gasteiger partial charge is 0.354 e. The molecular weight excluding hydrogens is 454 g/mol. The molecule has 5 rings (SSSR count). The summed E-state index contributed by atoms with van der Waals surface area (Å²) in [5, 5.41) is 14.2. The van der Waals surface area contributed by atoms with Gasteiger partial charge in [-0.3, -0.25) is 9.47 Å². The maximum absolute atomic E-state index is 9.18. The van der Waals surface area contributed by atoms with Gasteiger partial charge in [0.2, 0.25) is 4.77 Å². The first-order chi connectivity index (χ1) is 17.0. The molecule has 0 aliphatic carbocycles. The van der Waals surface area contributed by atoms with Gasteiger partial charge in [0, 0.05) is 37.9 Å². The van der Waals surface area contributed by atoms with Gasteiger partial charge in [0.15, 0.2) is 5.82 Å². The van der Waals surface area contributed by atoms with Crippen LogP contribution >= 0.6 is 12.2 Å². The molecule has 0 bridgehead atoms. The fourth-order valence-corrected chi connectivity index (χ4v) is 4.63. The van der Waals surface area contributed by atoms with E-state index in [9.17, 15) is 5.26 Å². The number of anilines is 1. The summed E-state index contributed by atoms with van der Waals surface area (Å²) in [6, 6.07) is 22.4. The Balaban J connectivity index is 1.41. The smallest absolute Gasteiger partial charge is 0.204 e.